The number of hydrogen-bond acceptors (Lipinski definition) is 3. The molecule has 1 N–H and O–H groups in total. The molecule has 0 radical (unpaired) electrons. The van der Waals surface area contributed by atoms with E-state index in [0.717, 1.165) is 30.5 Å². The van der Waals surface area contributed by atoms with Crippen LogP contribution >= 0.6 is 0 Å². The molecular formula is C17H30N2O. The molecule has 0 amide bonds. The first-order chi connectivity index (χ1) is 9.81. The highest BCUT2D eigenvalue weighted by atomic mass is 16.5. The van der Waals surface area contributed by atoms with Crippen molar-refractivity contribution in [2.75, 3.05) is 26.2 Å². The van der Waals surface area contributed by atoms with Gasteiger partial charge in [-0.2, -0.15) is 0 Å². The fraction of sp³-hybridized carbons (Fsp3) is 1.00. The monoisotopic (exact) mass is 278 g/mol. The molecule has 4 aliphatic rings. The topological polar surface area (TPSA) is 24.5 Å². The minimum atomic E-state index is 0.275. The zero-order chi connectivity index (χ0) is 13.6. The number of ether oxygens (including phenoxy) is 1. The first-order valence-corrected chi connectivity index (χ1v) is 8.92. The van der Waals surface area contributed by atoms with Gasteiger partial charge in [-0.15, -0.1) is 0 Å². The highest BCUT2D eigenvalue weighted by Gasteiger charge is 2.48. The minimum absolute atomic E-state index is 0.275. The molecule has 0 aromatic heterocycles. The van der Waals surface area contributed by atoms with Crippen LogP contribution in [0.1, 0.15) is 51.9 Å². The summed E-state index contributed by atoms with van der Waals surface area (Å²) in [6, 6.07) is 1.63. The molecule has 3 nitrogen and oxygen atoms in total. The van der Waals surface area contributed by atoms with E-state index in [1.54, 1.807) is 0 Å². The van der Waals surface area contributed by atoms with Crippen molar-refractivity contribution >= 4 is 0 Å². The van der Waals surface area contributed by atoms with Crippen LogP contribution in [0, 0.1) is 11.8 Å². The summed E-state index contributed by atoms with van der Waals surface area (Å²) in [6.07, 6.45) is 9.33. The predicted molar refractivity (Wildman–Crippen MR) is 80.8 cm³/mol. The van der Waals surface area contributed by atoms with Crippen molar-refractivity contribution in [2.45, 2.75) is 69.6 Å². The SMILES string of the molecule is CCC1C2CNCC2CN1C1CCOC2(CCCC2)C1. The van der Waals surface area contributed by atoms with Crippen molar-refractivity contribution < 1.29 is 4.74 Å². The number of rotatable bonds is 2. The maximum atomic E-state index is 6.24. The second-order valence-corrected chi connectivity index (χ2v) is 7.64. The van der Waals surface area contributed by atoms with Crippen LogP contribution in [0.2, 0.25) is 0 Å². The Morgan fingerprint density at radius 1 is 1.25 bits per heavy atom. The van der Waals surface area contributed by atoms with Crippen molar-refractivity contribution in [3.05, 3.63) is 0 Å². The van der Waals surface area contributed by atoms with E-state index in [2.05, 4.69) is 17.1 Å². The van der Waals surface area contributed by atoms with E-state index >= 15 is 0 Å². The Labute approximate surface area is 123 Å². The van der Waals surface area contributed by atoms with Crippen LogP contribution in [0.15, 0.2) is 0 Å². The van der Waals surface area contributed by atoms with Crippen LogP contribution in [-0.2, 0) is 4.74 Å². The molecular weight excluding hydrogens is 248 g/mol. The van der Waals surface area contributed by atoms with Gasteiger partial charge in [0.15, 0.2) is 0 Å². The summed E-state index contributed by atoms with van der Waals surface area (Å²) in [4.78, 5) is 2.90. The lowest BCUT2D eigenvalue weighted by Gasteiger charge is -2.44. The lowest BCUT2D eigenvalue weighted by molar-refractivity contribution is -0.104. The van der Waals surface area contributed by atoms with E-state index in [-0.39, 0.29) is 5.60 Å². The zero-order valence-corrected chi connectivity index (χ0v) is 12.9. The van der Waals surface area contributed by atoms with Gasteiger partial charge in [-0.1, -0.05) is 19.8 Å². The molecule has 0 aromatic rings. The highest BCUT2D eigenvalue weighted by Crippen LogP contribution is 2.44. The fourth-order valence-electron chi connectivity index (χ4n) is 5.67. The molecule has 3 aliphatic heterocycles. The van der Waals surface area contributed by atoms with E-state index in [4.69, 9.17) is 4.74 Å². The number of nitrogens with zero attached hydrogens (tertiary/aromatic N) is 1. The Morgan fingerprint density at radius 2 is 2.10 bits per heavy atom. The molecule has 0 aromatic carbocycles. The van der Waals surface area contributed by atoms with Gasteiger partial charge in [0.25, 0.3) is 0 Å². The maximum absolute atomic E-state index is 6.24. The number of nitrogens with one attached hydrogen (secondary N) is 1. The fourth-order valence-corrected chi connectivity index (χ4v) is 5.67. The molecule has 3 heteroatoms. The van der Waals surface area contributed by atoms with E-state index in [1.165, 1.54) is 64.6 Å². The van der Waals surface area contributed by atoms with Gasteiger partial charge in [0.2, 0.25) is 0 Å². The molecule has 3 heterocycles. The molecule has 1 aliphatic carbocycles. The second-order valence-electron chi connectivity index (χ2n) is 7.64. The third-order valence-electron chi connectivity index (χ3n) is 6.63. The zero-order valence-electron chi connectivity index (χ0n) is 12.9. The van der Waals surface area contributed by atoms with Crippen molar-refractivity contribution in [1.82, 2.24) is 10.2 Å². The summed E-state index contributed by atoms with van der Waals surface area (Å²) in [5.74, 6) is 1.84. The van der Waals surface area contributed by atoms with Crippen LogP contribution in [0.25, 0.3) is 0 Å². The Balaban J connectivity index is 1.49. The van der Waals surface area contributed by atoms with E-state index in [0.29, 0.717) is 0 Å². The van der Waals surface area contributed by atoms with Gasteiger partial charge in [0.1, 0.15) is 0 Å². The second kappa shape index (κ2) is 5.26. The van der Waals surface area contributed by atoms with E-state index < -0.39 is 0 Å². The lowest BCUT2D eigenvalue weighted by atomic mass is 9.87. The van der Waals surface area contributed by atoms with Crippen LogP contribution in [0.4, 0.5) is 0 Å². The van der Waals surface area contributed by atoms with Gasteiger partial charge in [-0.05, 0) is 57.0 Å². The standard InChI is InChI=1S/C17H30N2O/c1-2-16-15-11-18-10-13(15)12-19(16)14-5-8-20-17(9-14)6-3-4-7-17/h13-16,18H,2-12H2,1H3. The summed E-state index contributed by atoms with van der Waals surface area (Å²) in [5.41, 5.74) is 0.275. The third kappa shape index (κ3) is 2.13. The van der Waals surface area contributed by atoms with Gasteiger partial charge in [-0.3, -0.25) is 4.90 Å². The number of likely N-dealkylation sites (tertiary alicyclic amines) is 1. The summed E-state index contributed by atoms with van der Waals surface area (Å²) in [7, 11) is 0. The summed E-state index contributed by atoms with van der Waals surface area (Å²) in [6.45, 7) is 7.26. The maximum Gasteiger partial charge on any atom is 0.0697 e. The van der Waals surface area contributed by atoms with Crippen LogP contribution < -0.4 is 5.32 Å². The summed E-state index contributed by atoms with van der Waals surface area (Å²) >= 11 is 0. The molecule has 20 heavy (non-hydrogen) atoms. The van der Waals surface area contributed by atoms with Crippen LogP contribution in [-0.4, -0.2) is 48.8 Å². The summed E-state index contributed by atoms with van der Waals surface area (Å²) < 4.78 is 6.24. The van der Waals surface area contributed by atoms with Crippen LogP contribution in [0.3, 0.4) is 0 Å². The average molecular weight is 278 g/mol. The third-order valence-corrected chi connectivity index (χ3v) is 6.63. The molecule has 4 atom stereocenters. The van der Waals surface area contributed by atoms with Crippen molar-refractivity contribution in [3.8, 4) is 0 Å². The molecule has 1 saturated carbocycles. The van der Waals surface area contributed by atoms with Gasteiger partial charge in [0, 0.05) is 25.2 Å². The first-order valence-electron chi connectivity index (χ1n) is 8.92. The molecule has 4 fully saturated rings. The molecule has 4 rings (SSSR count). The molecule has 4 unspecified atom stereocenters. The minimum Gasteiger partial charge on any atom is -0.375 e. The summed E-state index contributed by atoms with van der Waals surface area (Å²) in [5, 5.41) is 3.61. The van der Waals surface area contributed by atoms with Crippen LogP contribution in [0.5, 0.6) is 0 Å². The predicted octanol–water partition coefficient (Wildman–Crippen LogP) is 2.41. The van der Waals surface area contributed by atoms with Crippen molar-refractivity contribution in [2.24, 2.45) is 11.8 Å². The van der Waals surface area contributed by atoms with E-state index in [1.807, 2.05) is 0 Å². The quantitative estimate of drug-likeness (QED) is 0.839. The van der Waals surface area contributed by atoms with Gasteiger partial charge in [0.05, 0.1) is 5.60 Å². The first kappa shape index (κ1) is 13.5. The van der Waals surface area contributed by atoms with Gasteiger partial charge >= 0.3 is 0 Å². The number of fused-ring (bicyclic) bond motifs is 1. The highest BCUT2D eigenvalue weighted by molar-refractivity contribution is 5.03. The number of hydrogen-bond donors (Lipinski definition) is 1. The van der Waals surface area contributed by atoms with Gasteiger partial charge < -0.3 is 10.1 Å². The molecule has 1 spiro atoms. The van der Waals surface area contributed by atoms with E-state index in [9.17, 15) is 0 Å². The Bertz CT molecular complexity index is 353. The molecule has 0 bridgehead atoms. The Hall–Kier alpha value is -0.120. The largest absolute Gasteiger partial charge is 0.375 e. The Kier molecular flexibility index (Phi) is 3.56. The smallest absolute Gasteiger partial charge is 0.0697 e. The lowest BCUT2D eigenvalue weighted by Crippen LogP contribution is -2.50. The Morgan fingerprint density at radius 3 is 2.90 bits per heavy atom. The molecule has 114 valence electrons. The van der Waals surface area contributed by atoms with Gasteiger partial charge in [-0.25, -0.2) is 0 Å². The van der Waals surface area contributed by atoms with Crippen molar-refractivity contribution in [1.29, 1.82) is 0 Å². The molecule has 3 saturated heterocycles. The average Bonchev–Trinajstić information content (AvgIpc) is 3.14. The normalized spacial score (nSPS) is 44.2. The van der Waals surface area contributed by atoms with Crippen molar-refractivity contribution in [3.63, 3.8) is 0 Å².